The molecule has 0 aromatic heterocycles. The molecule has 3 rings (SSSR count). The first-order valence-electron chi connectivity index (χ1n) is 8.83. The Labute approximate surface area is 164 Å². The Morgan fingerprint density at radius 1 is 1.04 bits per heavy atom. The van der Waals surface area contributed by atoms with Crippen molar-refractivity contribution in [2.24, 2.45) is 4.99 Å². The second kappa shape index (κ2) is 11.0. The van der Waals surface area contributed by atoms with Crippen LogP contribution in [0.1, 0.15) is 44.5 Å². The third-order valence-corrected chi connectivity index (χ3v) is 4.01. The Balaban J connectivity index is 0.00000101. The van der Waals surface area contributed by atoms with Crippen molar-refractivity contribution in [3.8, 4) is 0 Å². The molecule has 1 unspecified atom stereocenters. The molecule has 0 saturated carbocycles. The Morgan fingerprint density at radius 3 is 2.28 bits per heavy atom. The molecule has 3 heteroatoms. The van der Waals surface area contributed by atoms with Crippen LogP contribution in [-0.4, -0.2) is 12.3 Å². The quantitative estimate of drug-likeness (QED) is 0.607. The van der Waals surface area contributed by atoms with Gasteiger partial charge in [0.2, 0.25) is 0 Å². The van der Waals surface area contributed by atoms with Crippen LogP contribution in [0.5, 0.6) is 0 Å². The second-order valence-electron chi connectivity index (χ2n) is 5.72. The van der Waals surface area contributed by atoms with Gasteiger partial charge in [0.05, 0.1) is 6.54 Å². The number of para-hydroxylation sites is 1. The van der Waals surface area contributed by atoms with Crippen LogP contribution < -0.4 is 4.90 Å². The van der Waals surface area contributed by atoms with Gasteiger partial charge in [0.1, 0.15) is 6.17 Å². The third kappa shape index (κ3) is 5.62. The minimum absolute atomic E-state index is 0. The van der Waals surface area contributed by atoms with Gasteiger partial charge in [0.15, 0.2) is 0 Å². The first-order chi connectivity index (χ1) is 11.8. The normalized spacial score (nSPS) is 16.1. The van der Waals surface area contributed by atoms with Crippen molar-refractivity contribution in [3.63, 3.8) is 0 Å². The van der Waals surface area contributed by atoms with E-state index in [-0.39, 0.29) is 24.7 Å². The van der Waals surface area contributed by atoms with Gasteiger partial charge >= 0.3 is 0 Å². The summed E-state index contributed by atoms with van der Waals surface area (Å²) >= 11 is 0. The number of anilines is 1. The molecular weight excluding hydrogens is 343 g/mol. The van der Waals surface area contributed by atoms with Crippen LogP contribution in [-0.2, 0) is 18.6 Å². The third-order valence-electron chi connectivity index (χ3n) is 4.01. The smallest absolute Gasteiger partial charge is 0.147 e. The largest absolute Gasteiger partial charge is 0.340 e. The molecule has 25 heavy (non-hydrogen) atoms. The summed E-state index contributed by atoms with van der Waals surface area (Å²) < 4.78 is 0. The molecule has 0 saturated heterocycles. The predicted octanol–water partition coefficient (Wildman–Crippen LogP) is 5.94. The van der Waals surface area contributed by atoms with E-state index in [0.29, 0.717) is 0 Å². The molecule has 0 spiro atoms. The van der Waals surface area contributed by atoms with E-state index in [2.05, 4.69) is 85.5 Å². The van der Waals surface area contributed by atoms with Crippen LogP contribution in [0.3, 0.4) is 0 Å². The van der Waals surface area contributed by atoms with Gasteiger partial charge < -0.3 is 4.90 Å². The van der Waals surface area contributed by atoms with Crippen molar-refractivity contribution in [2.75, 3.05) is 11.4 Å². The molecule has 1 atom stereocenters. The summed E-state index contributed by atoms with van der Waals surface area (Å²) in [6.45, 7) is 9.07. The fourth-order valence-corrected chi connectivity index (χ4v) is 2.78. The monoisotopic (exact) mass is 371 g/mol. The Kier molecular flexibility index (Phi) is 9.33. The molecular formula is C22H28N2V. The zero-order valence-electron chi connectivity index (χ0n) is 15.7. The van der Waals surface area contributed by atoms with Crippen molar-refractivity contribution in [3.05, 3.63) is 77.9 Å². The van der Waals surface area contributed by atoms with Crippen molar-refractivity contribution in [2.45, 2.75) is 40.3 Å². The van der Waals surface area contributed by atoms with Crippen molar-refractivity contribution in [1.29, 1.82) is 0 Å². The summed E-state index contributed by atoms with van der Waals surface area (Å²) in [7, 11) is 0. The topological polar surface area (TPSA) is 15.6 Å². The minimum Gasteiger partial charge on any atom is -0.340 e. The van der Waals surface area contributed by atoms with Crippen LogP contribution in [0, 0.1) is 6.92 Å². The van der Waals surface area contributed by atoms with Gasteiger partial charge in [0, 0.05) is 36.4 Å². The number of allylic oxidation sites excluding steroid dienone is 2. The van der Waals surface area contributed by atoms with E-state index in [1.807, 2.05) is 13.8 Å². The molecule has 0 bridgehead atoms. The van der Waals surface area contributed by atoms with E-state index >= 15 is 0 Å². The molecule has 2 nitrogen and oxygen atoms in total. The summed E-state index contributed by atoms with van der Waals surface area (Å²) in [4.78, 5) is 7.35. The summed E-state index contributed by atoms with van der Waals surface area (Å²) in [6, 6.07) is 19.3. The maximum absolute atomic E-state index is 4.97. The van der Waals surface area contributed by atoms with Gasteiger partial charge in [-0.25, -0.2) is 0 Å². The standard InChI is InChI=1S/C20H22N2.C2H6.V/c1-3-4-8-18-15-22(19-9-6-5-7-10-19)20(21-18)17-13-11-16(2)12-14-17;1-2;/h3-7,9-14,20H,8,15H2,1-2H3;1-2H3;/b4-3-;;. The number of nitrogens with zero attached hydrogens (tertiary/aromatic N) is 2. The molecule has 0 aliphatic carbocycles. The number of rotatable bonds is 4. The predicted molar refractivity (Wildman–Crippen MR) is 106 cm³/mol. The maximum atomic E-state index is 4.97. The van der Waals surface area contributed by atoms with E-state index in [1.165, 1.54) is 22.5 Å². The average Bonchev–Trinajstić information content (AvgIpc) is 3.07. The summed E-state index contributed by atoms with van der Waals surface area (Å²) in [5.41, 5.74) is 5.01. The summed E-state index contributed by atoms with van der Waals surface area (Å²) in [5, 5.41) is 0. The second-order valence-corrected chi connectivity index (χ2v) is 5.72. The van der Waals surface area contributed by atoms with Crippen molar-refractivity contribution in [1.82, 2.24) is 0 Å². The van der Waals surface area contributed by atoms with E-state index < -0.39 is 0 Å². The van der Waals surface area contributed by atoms with Gasteiger partial charge in [-0.3, -0.25) is 4.99 Å². The fraction of sp³-hybridized carbons (Fsp3) is 0.318. The number of hydrogen-bond donors (Lipinski definition) is 0. The SMILES string of the molecule is C/C=C\CC1=NC(c2ccc(C)cc2)N(c2ccccc2)C1.CC.[V]. The molecule has 131 valence electrons. The number of hydrogen-bond acceptors (Lipinski definition) is 2. The van der Waals surface area contributed by atoms with Crippen LogP contribution in [0.4, 0.5) is 5.69 Å². The van der Waals surface area contributed by atoms with E-state index in [4.69, 9.17) is 4.99 Å². The number of aryl methyl sites for hydroxylation is 1. The van der Waals surface area contributed by atoms with Crippen LogP contribution in [0.15, 0.2) is 71.7 Å². The zero-order chi connectivity index (χ0) is 17.4. The molecule has 1 aliphatic rings. The first-order valence-corrected chi connectivity index (χ1v) is 8.83. The van der Waals surface area contributed by atoms with Crippen LogP contribution >= 0.6 is 0 Å². The molecule has 1 aliphatic heterocycles. The zero-order valence-corrected chi connectivity index (χ0v) is 17.1. The minimum atomic E-state index is 0. The van der Waals surface area contributed by atoms with Gasteiger partial charge in [-0.05, 0) is 31.5 Å². The molecule has 2 aromatic carbocycles. The molecule has 1 heterocycles. The van der Waals surface area contributed by atoms with Gasteiger partial charge in [-0.1, -0.05) is 74.0 Å². The van der Waals surface area contributed by atoms with Crippen LogP contribution in [0.25, 0.3) is 0 Å². The van der Waals surface area contributed by atoms with E-state index in [9.17, 15) is 0 Å². The van der Waals surface area contributed by atoms with Crippen molar-refractivity contribution < 1.29 is 18.6 Å². The average molecular weight is 371 g/mol. The Hall–Kier alpha value is -1.77. The Morgan fingerprint density at radius 2 is 1.68 bits per heavy atom. The molecule has 0 fully saturated rings. The molecule has 1 radical (unpaired) electrons. The molecule has 2 aromatic rings. The first kappa shape index (κ1) is 21.3. The van der Waals surface area contributed by atoms with Gasteiger partial charge in [-0.15, -0.1) is 0 Å². The number of aliphatic imine (C=N–C) groups is 1. The maximum Gasteiger partial charge on any atom is 0.147 e. The van der Waals surface area contributed by atoms with Crippen LogP contribution in [0.2, 0.25) is 0 Å². The fourth-order valence-electron chi connectivity index (χ4n) is 2.78. The van der Waals surface area contributed by atoms with Gasteiger partial charge in [-0.2, -0.15) is 0 Å². The van der Waals surface area contributed by atoms with Crippen molar-refractivity contribution >= 4 is 11.4 Å². The van der Waals surface area contributed by atoms with E-state index in [0.717, 1.165) is 13.0 Å². The van der Waals surface area contributed by atoms with Gasteiger partial charge in [0.25, 0.3) is 0 Å². The Bertz CT molecular complexity index is 675. The van der Waals surface area contributed by atoms with E-state index in [1.54, 1.807) is 0 Å². The molecule has 0 N–H and O–H groups in total. The summed E-state index contributed by atoms with van der Waals surface area (Å²) in [5.74, 6) is 0. The summed E-state index contributed by atoms with van der Waals surface area (Å²) in [6.07, 6.45) is 5.29. The molecule has 0 amide bonds. The number of benzene rings is 2.